The van der Waals surface area contributed by atoms with Crippen molar-refractivity contribution in [1.82, 2.24) is 9.97 Å². The molecule has 0 bridgehead atoms. The summed E-state index contributed by atoms with van der Waals surface area (Å²) in [7, 11) is 0. The van der Waals surface area contributed by atoms with E-state index in [-0.39, 0.29) is 10.6 Å². The molecule has 0 aliphatic carbocycles. The quantitative estimate of drug-likeness (QED) is 0.456. The summed E-state index contributed by atoms with van der Waals surface area (Å²) in [5.74, 6) is 0.476. The molecule has 0 atom stereocenters. The Balaban J connectivity index is 1.47. The summed E-state index contributed by atoms with van der Waals surface area (Å²) in [6, 6.07) is 13.4. The zero-order chi connectivity index (χ0) is 19.5. The summed E-state index contributed by atoms with van der Waals surface area (Å²) >= 11 is 1.64. The van der Waals surface area contributed by atoms with Crippen LogP contribution in [0.15, 0.2) is 53.4 Å². The van der Waals surface area contributed by atoms with Crippen LogP contribution < -0.4 is 4.90 Å². The van der Waals surface area contributed by atoms with Crippen LogP contribution in [0.5, 0.6) is 0 Å². The fourth-order valence-electron chi connectivity index (χ4n) is 3.34. The average molecular weight is 392 g/mol. The second-order valence-electron chi connectivity index (χ2n) is 6.79. The maximum Gasteiger partial charge on any atom is 0.311 e. The van der Waals surface area contributed by atoms with Gasteiger partial charge in [0.1, 0.15) is 5.01 Å². The Labute approximate surface area is 167 Å². The number of anilines is 1. The summed E-state index contributed by atoms with van der Waals surface area (Å²) in [4.78, 5) is 22.1. The first-order valence-corrected chi connectivity index (χ1v) is 10.1. The fraction of sp³-hybridized carbons (Fsp3) is 0.238. The van der Waals surface area contributed by atoms with Gasteiger partial charge >= 0.3 is 5.69 Å². The molecule has 1 aliphatic heterocycles. The Bertz CT molecular complexity index is 1020. The standard InChI is InChI=1S/C21H20N4O2S/c1-15-7-8-19(25(26)27)20(22-15)24-11-9-16(10-12-24)13-18-14-28-21(23-18)17-5-3-2-4-6-17/h2-8,13-14H,9-12H2,1H3. The van der Waals surface area contributed by atoms with Crippen molar-refractivity contribution in [1.29, 1.82) is 0 Å². The topological polar surface area (TPSA) is 72.2 Å². The number of aromatic nitrogens is 2. The summed E-state index contributed by atoms with van der Waals surface area (Å²) in [6.07, 6.45) is 3.86. The molecule has 2 aromatic heterocycles. The van der Waals surface area contributed by atoms with Crippen molar-refractivity contribution >= 4 is 28.9 Å². The molecule has 3 heterocycles. The SMILES string of the molecule is Cc1ccc([N+](=O)[O-])c(N2CCC(=Cc3csc(-c4ccccc4)n3)CC2)n1. The van der Waals surface area contributed by atoms with Crippen molar-refractivity contribution in [3.8, 4) is 10.6 Å². The van der Waals surface area contributed by atoms with E-state index in [1.165, 1.54) is 5.57 Å². The van der Waals surface area contributed by atoms with Gasteiger partial charge in [-0.2, -0.15) is 0 Å². The van der Waals surface area contributed by atoms with Gasteiger partial charge < -0.3 is 4.90 Å². The van der Waals surface area contributed by atoms with Crippen LogP contribution in [-0.2, 0) is 0 Å². The zero-order valence-corrected chi connectivity index (χ0v) is 16.4. The van der Waals surface area contributed by atoms with Crippen LogP contribution in [-0.4, -0.2) is 28.0 Å². The van der Waals surface area contributed by atoms with Gasteiger partial charge in [0.25, 0.3) is 0 Å². The van der Waals surface area contributed by atoms with Gasteiger partial charge in [0.2, 0.25) is 5.82 Å². The van der Waals surface area contributed by atoms with E-state index in [0.29, 0.717) is 5.82 Å². The van der Waals surface area contributed by atoms with Crippen LogP contribution in [0.1, 0.15) is 24.2 Å². The van der Waals surface area contributed by atoms with Gasteiger partial charge in [-0.15, -0.1) is 11.3 Å². The highest BCUT2D eigenvalue weighted by Crippen LogP contribution is 2.31. The lowest BCUT2D eigenvalue weighted by molar-refractivity contribution is -0.384. The second-order valence-corrected chi connectivity index (χ2v) is 7.64. The van der Waals surface area contributed by atoms with Crippen molar-refractivity contribution in [2.75, 3.05) is 18.0 Å². The molecule has 0 unspecified atom stereocenters. The molecule has 0 radical (unpaired) electrons. The maximum atomic E-state index is 11.3. The van der Waals surface area contributed by atoms with E-state index in [9.17, 15) is 10.1 Å². The molecular formula is C21H20N4O2S. The van der Waals surface area contributed by atoms with E-state index in [2.05, 4.69) is 28.6 Å². The predicted octanol–water partition coefficient (Wildman–Crippen LogP) is 5.11. The van der Waals surface area contributed by atoms with Crippen molar-refractivity contribution in [2.24, 2.45) is 0 Å². The number of pyridine rings is 1. The Morgan fingerprint density at radius 3 is 2.57 bits per heavy atom. The van der Waals surface area contributed by atoms with Crippen LogP contribution in [0, 0.1) is 17.0 Å². The zero-order valence-electron chi connectivity index (χ0n) is 15.5. The summed E-state index contributed by atoms with van der Waals surface area (Å²) in [5.41, 5.74) is 4.29. The largest absolute Gasteiger partial charge is 0.350 e. The number of nitro groups is 1. The lowest BCUT2D eigenvalue weighted by Crippen LogP contribution is -2.32. The van der Waals surface area contributed by atoms with Gasteiger partial charge in [-0.1, -0.05) is 35.9 Å². The molecule has 7 heteroatoms. The molecule has 1 fully saturated rings. The van der Waals surface area contributed by atoms with Gasteiger partial charge in [0.05, 0.1) is 10.6 Å². The van der Waals surface area contributed by atoms with E-state index < -0.39 is 0 Å². The molecule has 0 N–H and O–H groups in total. The second kappa shape index (κ2) is 7.90. The van der Waals surface area contributed by atoms with Crippen LogP contribution in [0.3, 0.4) is 0 Å². The first-order valence-electron chi connectivity index (χ1n) is 9.17. The van der Waals surface area contributed by atoms with E-state index in [0.717, 1.165) is 47.9 Å². The van der Waals surface area contributed by atoms with Crippen LogP contribution in [0.25, 0.3) is 16.6 Å². The van der Waals surface area contributed by atoms with Crippen LogP contribution in [0.4, 0.5) is 11.5 Å². The number of hydrogen-bond acceptors (Lipinski definition) is 6. The summed E-state index contributed by atoms with van der Waals surface area (Å²) < 4.78 is 0. The Kier molecular flexibility index (Phi) is 5.16. The molecule has 0 saturated carbocycles. The first kappa shape index (κ1) is 18.3. The van der Waals surface area contributed by atoms with Gasteiger partial charge in [-0.3, -0.25) is 10.1 Å². The van der Waals surface area contributed by atoms with Gasteiger partial charge in [-0.05, 0) is 31.9 Å². The Hall–Kier alpha value is -3.06. The normalized spacial score (nSPS) is 14.2. The molecule has 1 aliphatic rings. The number of piperidine rings is 1. The summed E-state index contributed by atoms with van der Waals surface area (Å²) in [5, 5.41) is 14.4. The molecule has 142 valence electrons. The monoisotopic (exact) mass is 392 g/mol. The third-order valence-electron chi connectivity index (χ3n) is 4.79. The Morgan fingerprint density at radius 1 is 1.11 bits per heavy atom. The van der Waals surface area contributed by atoms with Crippen molar-refractivity contribution in [2.45, 2.75) is 19.8 Å². The van der Waals surface area contributed by atoms with Crippen LogP contribution >= 0.6 is 11.3 Å². The Morgan fingerprint density at radius 2 is 1.86 bits per heavy atom. The minimum Gasteiger partial charge on any atom is -0.350 e. The number of aryl methyl sites for hydroxylation is 1. The van der Waals surface area contributed by atoms with E-state index in [1.807, 2.05) is 30.0 Å². The molecule has 1 saturated heterocycles. The number of rotatable bonds is 4. The maximum absolute atomic E-state index is 11.3. The molecule has 28 heavy (non-hydrogen) atoms. The van der Waals surface area contributed by atoms with Crippen LogP contribution in [0.2, 0.25) is 0 Å². The van der Waals surface area contributed by atoms with Gasteiger partial charge in [0.15, 0.2) is 0 Å². The smallest absolute Gasteiger partial charge is 0.311 e. The molecule has 1 aromatic carbocycles. The highest BCUT2D eigenvalue weighted by Gasteiger charge is 2.24. The lowest BCUT2D eigenvalue weighted by Gasteiger charge is -2.29. The third-order valence-corrected chi connectivity index (χ3v) is 5.70. The van der Waals surface area contributed by atoms with Gasteiger partial charge in [0, 0.05) is 35.8 Å². The van der Waals surface area contributed by atoms with E-state index >= 15 is 0 Å². The molecule has 3 aromatic rings. The molecular weight excluding hydrogens is 372 g/mol. The highest BCUT2D eigenvalue weighted by atomic mass is 32.1. The predicted molar refractivity (Wildman–Crippen MR) is 113 cm³/mol. The molecule has 0 amide bonds. The minimum atomic E-state index is -0.354. The number of hydrogen-bond donors (Lipinski definition) is 0. The minimum absolute atomic E-state index is 0.0741. The fourth-order valence-corrected chi connectivity index (χ4v) is 4.12. The van der Waals surface area contributed by atoms with Gasteiger partial charge in [-0.25, -0.2) is 9.97 Å². The van der Waals surface area contributed by atoms with Crippen molar-refractivity contribution < 1.29 is 4.92 Å². The highest BCUT2D eigenvalue weighted by molar-refractivity contribution is 7.13. The molecule has 0 spiro atoms. The summed E-state index contributed by atoms with van der Waals surface area (Å²) in [6.45, 7) is 3.30. The number of nitrogens with zero attached hydrogens (tertiary/aromatic N) is 4. The molecule has 6 nitrogen and oxygen atoms in total. The number of benzene rings is 1. The third kappa shape index (κ3) is 3.94. The van der Waals surface area contributed by atoms with E-state index in [4.69, 9.17) is 4.98 Å². The van der Waals surface area contributed by atoms with E-state index in [1.54, 1.807) is 23.5 Å². The average Bonchev–Trinajstić information content (AvgIpc) is 3.17. The first-order chi connectivity index (χ1) is 13.6. The van der Waals surface area contributed by atoms with Crippen molar-refractivity contribution in [3.05, 3.63) is 74.9 Å². The molecule has 4 rings (SSSR count). The lowest BCUT2D eigenvalue weighted by atomic mass is 10.0. The number of thiazole rings is 1. The van der Waals surface area contributed by atoms with Crippen molar-refractivity contribution in [3.63, 3.8) is 0 Å².